The second-order valence-electron chi connectivity index (χ2n) is 7.66. The maximum Gasteiger partial charge on any atom is 0.246 e. The van der Waals surface area contributed by atoms with Gasteiger partial charge in [-0.3, -0.25) is 4.79 Å². The highest BCUT2D eigenvalue weighted by Gasteiger charge is 2.33. The zero-order valence-corrected chi connectivity index (χ0v) is 17.8. The smallest absolute Gasteiger partial charge is 0.246 e. The third-order valence-corrected chi connectivity index (χ3v) is 3.62. The summed E-state index contributed by atoms with van der Waals surface area (Å²) >= 11 is 0. The Labute approximate surface area is 160 Å². The minimum Gasteiger partial charge on any atom is -0.379 e. The highest BCUT2D eigenvalue weighted by Crippen LogP contribution is 2.11. The molecular weight excluding hydrogens is 334 g/mol. The summed E-state index contributed by atoms with van der Waals surface area (Å²) in [6.45, 7) is 16.0. The Morgan fingerprint density at radius 3 is 2.12 bits per heavy atom. The number of carbonyl (C=O) groups is 1. The van der Waals surface area contributed by atoms with Crippen LogP contribution in [0.1, 0.15) is 54.4 Å². The van der Waals surface area contributed by atoms with Crippen LogP contribution in [0.5, 0.6) is 0 Å². The zero-order valence-electron chi connectivity index (χ0n) is 17.8. The van der Waals surface area contributed by atoms with E-state index in [0.29, 0.717) is 58.1 Å². The van der Waals surface area contributed by atoms with Gasteiger partial charge >= 0.3 is 0 Å². The topological polar surface area (TPSA) is 66.0 Å². The largest absolute Gasteiger partial charge is 0.379 e. The molecule has 0 radical (unpaired) electrons. The fourth-order valence-corrected chi connectivity index (χ4v) is 2.25. The summed E-state index contributed by atoms with van der Waals surface area (Å²) in [4.78, 5) is 12.4. The first kappa shape index (κ1) is 25.3. The molecule has 6 heteroatoms. The van der Waals surface area contributed by atoms with E-state index in [0.717, 1.165) is 12.8 Å². The Balaban J connectivity index is 4.77. The molecule has 0 aliphatic heterocycles. The van der Waals surface area contributed by atoms with Crippen molar-refractivity contribution in [2.45, 2.75) is 59.9 Å². The summed E-state index contributed by atoms with van der Waals surface area (Å²) in [7, 11) is 0. The van der Waals surface area contributed by atoms with Crippen LogP contribution in [0, 0.1) is 11.8 Å². The Bertz CT molecular complexity index is 349. The fraction of sp³-hybridized carbons (Fsp3) is 0.950. The normalized spacial score (nSPS) is 14.0. The molecule has 0 aromatic carbocycles. The lowest BCUT2D eigenvalue weighted by Crippen LogP contribution is -2.59. The van der Waals surface area contributed by atoms with Crippen molar-refractivity contribution in [1.29, 1.82) is 0 Å². The summed E-state index contributed by atoms with van der Waals surface area (Å²) < 4.78 is 22.7. The van der Waals surface area contributed by atoms with Gasteiger partial charge in [0.1, 0.15) is 12.1 Å². The number of nitrogens with one attached hydrogen (secondary N) is 1. The predicted octanol–water partition coefficient (Wildman–Crippen LogP) is 3.04. The van der Waals surface area contributed by atoms with Gasteiger partial charge in [-0.25, -0.2) is 0 Å². The monoisotopic (exact) mass is 375 g/mol. The van der Waals surface area contributed by atoms with E-state index < -0.39 is 5.54 Å². The number of carbonyl (C=O) groups excluding carboxylic acids is 1. The summed E-state index contributed by atoms with van der Waals surface area (Å²) in [6.07, 6.45) is 1.86. The molecule has 0 fully saturated rings. The highest BCUT2D eigenvalue weighted by atomic mass is 16.5. The van der Waals surface area contributed by atoms with Gasteiger partial charge in [0.25, 0.3) is 0 Å². The molecule has 1 amide bonds. The number of hydrogen-bond acceptors (Lipinski definition) is 5. The fourth-order valence-electron chi connectivity index (χ4n) is 2.25. The standard InChI is InChI=1S/C20H41NO5/c1-7-10-25-15-20(14-23-8-2,16-26-12-18(5)6)21-19(22)13-24-11-9-17(3)4/h17-18H,7-16H2,1-6H3,(H,21,22). The van der Waals surface area contributed by atoms with Crippen LogP contribution >= 0.6 is 0 Å². The quantitative estimate of drug-likeness (QED) is 0.396. The molecular formula is C20H41NO5. The van der Waals surface area contributed by atoms with Gasteiger partial charge in [-0.05, 0) is 31.6 Å². The van der Waals surface area contributed by atoms with Crippen LogP contribution in [0.3, 0.4) is 0 Å². The van der Waals surface area contributed by atoms with Crippen molar-refractivity contribution < 1.29 is 23.7 Å². The van der Waals surface area contributed by atoms with Crippen molar-refractivity contribution in [2.24, 2.45) is 11.8 Å². The SMILES string of the molecule is CCCOCC(COCC)(COCC(C)C)NC(=O)COCCC(C)C. The first-order chi connectivity index (χ1) is 12.3. The van der Waals surface area contributed by atoms with Crippen molar-refractivity contribution >= 4 is 5.91 Å². The van der Waals surface area contributed by atoms with Gasteiger partial charge in [0.05, 0.1) is 19.8 Å². The van der Waals surface area contributed by atoms with Crippen LogP contribution < -0.4 is 5.32 Å². The molecule has 0 saturated carbocycles. The highest BCUT2D eigenvalue weighted by molar-refractivity contribution is 5.78. The third-order valence-electron chi connectivity index (χ3n) is 3.62. The third kappa shape index (κ3) is 13.5. The van der Waals surface area contributed by atoms with Gasteiger partial charge in [0.2, 0.25) is 5.91 Å². The molecule has 0 saturated heterocycles. The molecule has 0 spiro atoms. The number of ether oxygens (including phenoxy) is 4. The molecule has 0 aliphatic rings. The van der Waals surface area contributed by atoms with Gasteiger partial charge in [0, 0.05) is 26.4 Å². The van der Waals surface area contributed by atoms with Crippen LogP contribution in [-0.2, 0) is 23.7 Å². The van der Waals surface area contributed by atoms with Crippen molar-refractivity contribution in [3.63, 3.8) is 0 Å². The van der Waals surface area contributed by atoms with Gasteiger partial charge in [-0.15, -0.1) is 0 Å². The Hall–Kier alpha value is -0.690. The Morgan fingerprint density at radius 2 is 1.54 bits per heavy atom. The Kier molecular flexibility index (Phi) is 15.0. The van der Waals surface area contributed by atoms with E-state index in [1.807, 2.05) is 6.92 Å². The van der Waals surface area contributed by atoms with Gasteiger partial charge in [-0.1, -0.05) is 34.6 Å². The van der Waals surface area contributed by atoms with Crippen molar-refractivity contribution in [3.05, 3.63) is 0 Å². The molecule has 0 rings (SSSR count). The van der Waals surface area contributed by atoms with E-state index in [1.54, 1.807) is 0 Å². The first-order valence-corrected chi connectivity index (χ1v) is 9.97. The molecule has 26 heavy (non-hydrogen) atoms. The second kappa shape index (κ2) is 15.4. The maximum atomic E-state index is 12.4. The van der Waals surface area contributed by atoms with E-state index in [1.165, 1.54) is 0 Å². The van der Waals surface area contributed by atoms with E-state index in [4.69, 9.17) is 18.9 Å². The maximum absolute atomic E-state index is 12.4. The molecule has 0 heterocycles. The summed E-state index contributed by atoms with van der Waals surface area (Å²) in [6, 6.07) is 0. The lowest BCUT2D eigenvalue weighted by molar-refractivity contribution is -0.132. The van der Waals surface area contributed by atoms with E-state index in [2.05, 4.69) is 39.9 Å². The molecule has 1 unspecified atom stereocenters. The first-order valence-electron chi connectivity index (χ1n) is 9.97. The van der Waals surface area contributed by atoms with Crippen LogP contribution in [0.4, 0.5) is 0 Å². The minimum absolute atomic E-state index is 0.0402. The molecule has 156 valence electrons. The molecule has 0 aromatic heterocycles. The van der Waals surface area contributed by atoms with E-state index in [-0.39, 0.29) is 12.5 Å². The summed E-state index contributed by atoms with van der Waals surface area (Å²) in [5.41, 5.74) is -0.696. The van der Waals surface area contributed by atoms with Crippen LogP contribution in [0.25, 0.3) is 0 Å². The second-order valence-corrected chi connectivity index (χ2v) is 7.66. The van der Waals surface area contributed by atoms with Gasteiger partial charge < -0.3 is 24.3 Å². The van der Waals surface area contributed by atoms with Crippen molar-refractivity contribution in [2.75, 3.05) is 52.9 Å². The number of amides is 1. The lowest BCUT2D eigenvalue weighted by atomic mass is 10.0. The van der Waals surface area contributed by atoms with Crippen LogP contribution in [-0.4, -0.2) is 64.3 Å². The van der Waals surface area contributed by atoms with Gasteiger partial charge in [0.15, 0.2) is 0 Å². The van der Waals surface area contributed by atoms with E-state index >= 15 is 0 Å². The van der Waals surface area contributed by atoms with Gasteiger partial charge in [-0.2, -0.15) is 0 Å². The predicted molar refractivity (Wildman–Crippen MR) is 104 cm³/mol. The average molecular weight is 376 g/mol. The molecule has 0 aliphatic carbocycles. The summed E-state index contributed by atoms with van der Waals surface area (Å²) in [5.74, 6) is 0.815. The lowest BCUT2D eigenvalue weighted by Gasteiger charge is -2.34. The number of rotatable bonds is 17. The van der Waals surface area contributed by atoms with Crippen molar-refractivity contribution in [1.82, 2.24) is 5.32 Å². The van der Waals surface area contributed by atoms with Crippen LogP contribution in [0.15, 0.2) is 0 Å². The minimum atomic E-state index is -0.696. The van der Waals surface area contributed by atoms with Crippen LogP contribution in [0.2, 0.25) is 0 Å². The van der Waals surface area contributed by atoms with Crippen molar-refractivity contribution in [3.8, 4) is 0 Å². The molecule has 1 N–H and O–H groups in total. The summed E-state index contributed by atoms with van der Waals surface area (Å²) in [5, 5.41) is 3.05. The molecule has 0 aromatic rings. The van der Waals surface area contributed by atoms with E-state index in [9.17, 15) is 4.79 Å². The molecule has 6 nitrogen and oxygen atoms in total. The molecule has 1 atom stereocenters. The Morgan fingerprint density at radius 1 is 0.885 bits per heavy atom. The molecule has 0 bridgehead atoms. The zero-order chi connectivity index (χ0) is 19.8. The average Bonchev–Trinajstić information content (AvgIpc) is 2.56. The number of hydrogen-bond donors (Lipinski definition) is 1.